The molecule has 0 aliphatic rings. The quantitative estimate of drug-likeness (QED) is 0.658. The van der Waals surface area contributed by atoms with Gasteiger partial charge in [0, 0.05) is 0 Å². The molecule has 0 saturated heterocycles. The number of nitrogens with one attached hydrogen (secondary N) is 2. The van der Waals surface area contributed by atoms with Gasteiger partial charge in [0.2, 0.25) is 0 Å². The monoisotopic (exact) mass is 404 g/mol. The van der Waals surface area contributed by atoms with Crippen molar-refractivity contribution in [1.29, 1.82) is 0 Å². The molecule has 0 fully saturated rings. The summed E-state index contributed by atoms with van der Waals surface area (Å²) in [5.74, 6) is -0.0219. The molecule has 0 saturated carbocycles. The van der Waals surface area contributed by atoms with E-state index in [4.69, 9.17) is 21.1 Å². The van der Waals surface area contributed by atoms with Gasteiger partial charge < -0.3 is 9.47 Å². The van der Waals surface area contributed by atoms with Gasteiger partial charge in [-0.25, -0.2) is 0 Å². The molecule has 0 bridgehead atoms. The molecule has 0 aliphatic heterocycles. The molecular formula is C21H25ClN2O4. The van der Waals surface area contributed by atoms with Crippen LogP contribution in [0.4, 0.5) is 0 Å². The molecule has 0 atom stereocenters. The summed E-state index contributed by atoms with van der Waals surface area (Å²) in [5.41, 5.74) is 5.83. The summed E-state index contributed by atoms with van der Waals surface area (Å²) in [6.07, 6.45) is 1.02. The van der Waals surface area contributed by atoms with Crippen LogP contribution in [0, 0.1) is 0 Å². The van der Waals surface area contributed by atoms with Crippen LogP contribution in [0.2, 0.25) is 5.02 Å². The molecule has 0 radical (unpaired) electrons. The second kappa shape index (κ2) is 9.99. The maximum atomic E-state index is 11.8. The number of amides is 2. The Kier molecular flexibility index (Phi) is 7.70. The van der Waals surface area contributed by atoms with Crippen molar-refractivity contribution >= 4 is 23.4 Å². The van der Waals surface area contributed by atoms with E-state index in [0.29, 0.717) is 16.5 Å². The van der Waals surface area contributed by atoms with Crippen molar-refractivity contribution in [3.8, 4) is 11.5 Å². The van der Waals surface area contributed by atoms with Crippen LogP contribution in [0.5, 0.6) is 11.5 Å². The molecule has 150 valence electrons. The number of hydrogen-bond acceptors (Lipinski definition) is 4. The van der Waals surface area contributed by atoms with E-state index in [1.807, 2.05) is 24.3 Å². The highest BCUT2D eigenvalue weighted by Crippen LogP contribution is 2.28. The molecule has 2 amide bonds. The predicted octanol–water partition coefficient (Wildman–Crippen LogP) is 3.63. The minimum Gasteiger partial charge on any atom is -0.484 e. The zero-order valence-electron chi connectivity index (χ0n) is 16.3. The first-order chi connectivity index (χ1) is 13.3. The zero-order valence-corrected chi connectivity index (χ0v) is 17.0. The highest BCUT2D eigenvalue weighted by Gasteiger charge is 2.17. The number of hydrazine groups is 1. The Balaban J connectivity index is 1.71. The van der Waals surface area contributed by atoms with Crippen molar-refractivity contribution < 1.29 is 19.1 Å². The summed E-state index contributed by atoms with van der Waals surface area (Å²) in [7, 11) is 0. The molecule has 28 heavy (non-hydrogen) atoms. The average Bonchev–Trinajstić information content (AvgIpc) is 2.70. The van der Waals surface area contributed by atoms with Gasteiger partial charge in [-0.15, -0.1) is 0 Å². The minimum atomic E-state index is -0.514. The first-order valence-electron chi connectivity index (χ1n) is 9.00. The lowest BCUT2D eigenvalue weighted by Crippen LogP contribution is -2.45. The summed E-state index contributed by atoms with van der Waals surface area (Å²) < 4.78 is 10.7. The van der Waals surface area contributed by atoms with Gasteiger partial charge in [-0.3, -0.25) is 20.4 Å². The van der Waals surface area contributed by atoms with Crippen LogP contribution in [0.15, 0.2) is 48.5 Å². The Hall–Kier alpha value is -2.73. The van der Waals surface area contributed by atoms with Crippen molar-refractivity contribution in [3.63, 3.8) is 0 Å². The summed E-state index contributed by atoms with van der Waals surface area (Å²) in [4.78, 5) is 23.5. The Morgan fingerprint density at radius 2 is 1.50 bits per heavy atom. The molecule has 2 N–H and O–H groups in total. The first-order valence-corrected chi connectivity index (χ1v) is 9.38. The molecule has 2 rings (SSSR count). The summed E-state index contributed by atoms with van der Waals surface area (Å²) in [5, 5.41) is 0.404. The van der Waals surface area contributed by atoms with Crippen LogP contribution < -0.4 is 20.3 Å². The largest absolute Gasteiger partial charge is 0.484 e. The lowest BCUT2D eigenvalue weighted by molar-refractivity contribution is -0.131. The SMILES string of the molecule is CCC(C)(C)c1ccc(OCC(=O)NNC(=O)COc2ccccc2Cl)cc1. The third kappa shape index (κ3) is 6.46. The second-order valence-corrected chi connectivity index (χ2v) is 7.27. The highest BCUT2D eigenvalue weighted by molar-refractivity contribution is 6.32. The molecule has 0 spiro atoms. The second-order valence-electron chi connectivity index (χ2n) is 6.87. The van der Waals surface area contributed by atoms with Crippen molar-refractivity contribution in [3.05, 3.63) is 59.1 Å². The molecule has 0 aliphatic carbocycles. The Labute approximate surface area is 170 Å². The normalized spacial score (nSPS) is 10.9. The predicted molar refractivity (Wildman–Crippen MR) is 108 cm³/mol. The number of carbonyl (C=O) groups excluding carboxylic acids is 2. The van der Waals surface area contributed by atoms with Crippen molar-refractivity contribution in [2.24, 2.45) is 0 Å². The van der Waals surface area contributed by atoms with E-state index in [1.165, 1.54) is 5.56 Å². The Bertz CT molecular complexity index is 806. The van der Waals surface area contributed by atoms with Crippen LogP contribution in [-0.2, 0) is 15.0 Å². The van der Waals surface area contributed by atoms with E-state index < -0.39 is 11.8 Å². The van der Waals surface area contributed by atoms with Crippen LogP contribution >= 0.6 is 11.6 Å². The molecular weight excluding hydrogens is 380 g/mol. The fourth-order valence-electron chi connectivity index (χ4n) is 2.27. The zero-order chi connectivity index (χ0) is 20.6. The first kappa shape index (κ1) is 21.6. The van der Waals surface area contributed by atoms with Gasteiger partial charge >= 0.3 is 0 Å². The minimum absolute atomic E-state index is 0.0895. The Morgan fingerprint density at radius 1 is 0.929 bits per heavy atom. The summed E-state index contributed by atoms with van der Waals surface area (Å²) in [6.45, 7) is 5.99. The molecule has 0 heterocycles. The number of carbonyl (C=O) groups is 2. The summed E-state index contributed by atoms with van der Waals surface area (Å²) >= 11 is 5.93. The van der Waals surface area contributed by atoms with E-state index in [9.17, 15) is 9.59 Å². The van der Waals surface area contributed by atoms with Gasteiger partial charge in [-0.1, -0.05) is 56.6 Å². The number of hydrogen-bond donors (Lipinski definition) is 2. The number of rotatable bonds is 8. The lowest BCUT2D eigenvalue weighted by atomic mass is 9.82. The van der Waals surface area contributed by atoms with Crippen LogP contribution in [0.1, 0.15) is 32.8 Å². The molecule has 0 unspecified atom stereocenters. The van der Waals surface area contributed by atoms with Crippen molar-refractivity contribution in [2.75, 3.05) is 13.2 Å². The summed E-state index contributed by atoms with van der Waals surface area (Å²) in [6, 6.07) is 14.4. The van der Waals surface area contributed by atoms with Crippen LogP contribution in [0.25, 0.3) is 0 Å². The molecule has 0 aromatic heterocycles. The number of halogens is 1. The third-order valence-electron chi connectivity index (χ3n) is 4.43. The topological polar surface area (TPSA) is 76.7 Å². The highest BCUT2D eigenvalue weighted by atomic mass is 35.5. The smallest absolute Gasteiger partial charge is 0.276 e. The maximum absolute atomic E-state index is 11.8. The fourth-order valence-corrected chi connectivity index (χ4v) is 2.46. The van der Waals surface area contributed by atoms with Gasteiger partial charge in [0.05, 0.1) is 5.02 Å². The van der Waals surface area contributed by atoms with Crippen molar-refractivity contribution in [1.82, 2.24) is 10.9 Å². The van der Waals surface area contributed by atoms with Crippen molar-refractivity contribution in [2.45, 2.75) is 32.6 Å². The molecule has 7 heteroatoms. The molecule has 6 nitrogen and oxygen atoms in total. The van der Waals surface area contributed by atoms with Gasteiger partial charge in [0.15, 0.2) is 13.2 Å². The van der Waals surface area contributed by atoms with E-state index in [0.717, 1.165) is 6.42 Å². The average molecular weight is 405 g/mol. The number of para-hydroxylation sites is 1. The van der Waals surface area contributed by atoms with E-state index in [-0.39, 0.29) is 18.6 Å². The Morgan fingerprint density at radius 3 is 2.07 bits per heavy atom. The lowest BCUT2D eigenvalue weighted by Gasteiger charge is -2.23. The van der Waals surface area contributed by atoms with Crippen LogP contribution in [0.3, 0.4) is 0 Å². The third-order valence-corrected chi connectivity index (χ3v) is 4.74. The van der Waals surface area contributed by atoms with Gasteiger partial charge in [-0.05, 0) is 41.7 Å². The van der Waals surface area contributed by atoms with Gasteiger partial charge in [-0.2, -0.15) is 0 Å². The van der Waals surface area contributed by atoms with Gasteiger partial charge in [0.25, 0.3) is 11.8 Å². The molecule has 2 aromatic rings. The van der Waals surface area contributed by atoms with E-state index in [2.05, 4.69) is 31.6 Å². The van der Waals surface area contributed by atoms with Gasteiger partial charge in [0.1, 0.15) is 11.5 Å². The standard InChI is InChI=1S/C21H25ClN2O4/c1-4-21(2,3)15-9-11-16(12-10-15)27-13-19(25)23-24-20(26)14-28-18-8-6-5-7-17(18)22/h5-12H,4,13-14H2,1-3H3,(H,23,25)(H,24,26). The van der Waals surface area contributed by atoms with E-state index in [1.54, 1.807) is 24.3 Å². The van der Waals surface area contributed by atoms with Crippen LogP contribution in [-0.4, -0.2) is 25.0 Å². The molecule has 2 aromatic carbocycles. The number of ether oxygens (including phenoxy) is 2. The number of benzene rings is 2. The maximum Gasteiger partial charge on any atom is 0.276 e. The fraction of sp³-hybridized carbons (Fsp3) is 0.333. The van der Waals surface area contributed by atoms with E-state index >= 15 is 0 Å².